The van der Waals surface area contributed by atoms with Crippen molar-refractivity contribution in [2.45, 2.75) is 45.1 Å². The second kappa shape index (κ2) is 3.08. The summed E-state index contributed by atoms with van der Waals surface area (Å²) in [6, 6.07) is 0.744. The Balaban J connectivity index is 1.93. The van der Waals surface area contributed by atoms with E-state index in [4.69, 9.17) is 5.41 Å². The Bertz CT molecular complexity index is 188. The molecule has 2 fully saturated rings. The van der Waals surface area contributed by atoms with Gasteiger partial charge in [0, 0.05) is 19.0 Å². The molecule has 0 aromatic carbocycles. The Labute approximate surface area is 74.5 Å². The zero-order chi connectivity index (χ0) is 8.55. The molecule has 0 amide bonds. The van der Waals surface area contributed by atoms with Gasteiger partial charge in [0.2, 0.25) is 0 Å². The molecular weight excluding hydrogens is 148 g/mol. The van der Waals surface area contributed by atoms with Gasteiger partial charge < -0.3 is 4.90 Å². The van der Waals surface area contributed by atoms with E-state index < -0.39 is 0 Å². The van der Waals surface area contributed by atoms with Crippen LogP contribution in [-0.2, 0) is 0 Å². The minimum atomic E-state index is 0.744. The van der Waals surface area contributed by atoms with Crippen LogP contribution in [0.5, 0.6) is 0 Å². The highest BCUT2D eigenvalue weighted by Crippen LogP contribution is 2.37. The summed E-state index contributed by atoms with van der Waals surface area (Å²) in [5.74, 6) is 1.82. The highest BCUT2D eigenvalue weighted by Gasteiger charge is 2.38. The van der Waals surface area contributed by atoms with Crippen LogP contribution in [0, 0.1) is 11.3 Å². The molecule has 0 radical (unpaired) electrons. The summed E-state index contributed by atoms with van der Waals surface area (Å²) < 4.78 is 0. The van der Waals surface area contributed by atoms with E-state index in [1.807, 2.05) is 0 Å². The first-order valence-electron chi connectivity index (χ1n) is 5.15. The van der Waals surface area contributed by atoms with Crippen molar-refractivity contribution in [2.24, 2.45) is 5.92 Å². The van der Waals surface area contributed by atoms with E-state index in [1.54, 1.807) is 0 Å². The minimum Gasteiger partial charge on any atom is -0.357 e. The predicted molar refractivity (Wildman–Crippen MR) is 50.5 cm³/mol. The Kier molecular flexibility index (Phi) is 2.07. The molecule has 1 saturated carbocycles. The quantitative estimate of drug-likeness (QED) is 0.494. The van der Waals surface area contributed by atoms with Crippen molar-refractivity contribution in [2.75, 3.05) is 6.54 Å². The minimum absolute atomic E-state index is 0.744. The lowest BCUT2D eigenvalue weighted by molar-refractivity contribution is 0.319. The topological polar surface area (TPSA) is 27.1 Å². The van der Waals surface area contributed by atoms with Crippen molar-refractivity contribution in [3.05, 3.63) is 0 Å². The number of amidine groups is 1. The smallest absolute Gasteiger partial charge is 0.0960 e. The molecule has 1 saturated heterocycles. The van der Waals surface area contributed by atoms with Gasteiger partial charge in [-0.3, -0.25) is 5.41 Å². The Hall–Kier alpha value is -0.530. The van der Waals surface area contributed by atoms with Gasteiger partial charge in [-0.1, -0.05) is 6.92 Å². The largest absolute Gasteiger partial charge is 0.357 e. The zero-order valence-electron chi connectivity index (χ0n) is 7.84. The fourth-order valence-electron chi connectivity index (χ4n) is 2.64. The highest BCUT2D eigenvalue weighted by molar-refractivity contribution is 5.79. The molecule has 0 spiro atoms. The number of fused-ring (bicyclic) bond motifs is 2. The predicted octanol–water partition coefficient (Wildman–Crippen LogP) is 2.25. The van der Waals surface area contributed by atoms with Crippen molar-refractivity contribution < 1.29 is 0 Å². The molecule has 2 unspecified atom stereocenters. The number of piperidine rings is 1. The molecule has 68 valence electrons. The van der Waals surface area contributed by atoms with E-state index in [2.05, 4.69) is 11.8 Å². The molecule has 2 aliphatic rings. The molecule has 2 atom stereocenters. The van der Waals surface area contributed by atoms with Gasteiger partial charge in [-0.2, -0.15) is 0 Å². The number of likely N-dealkylation sites (tertiary alicyclic amines) is 1. The van der Waals surface area contributed by atoms with Gasteiger partial charge in [-0.25, -0.2) is 0 Å². The molecular formula is C10H18N2. The lowest BCUT2D eigenvalue weighted by atomic mass is 10.1. The average Bonchev–Trinajstić information content (AvgIpc) is 2.64. The number of nitrogens with zero attached hydrogens (tertiary/aromatic N) is 1. The molecule has 2 rings (SSSR count). The van der Waals surface area contributed by atoms with Gasteiger partial charge in [0.25, 0.3) is 0 Å². The summed E-state index contributed by atoms with van der Waals surface area (Å²) in [4.78, 5) is 2.34. The Morgan fingerprint density at radius 2 is 2.33 bits per heavy atom. The van der Waals surface area contributed by atoms with Gasteiger partial charge in [0.15, 0.2) is 0 Å². The Morgan fingerprint density at radius 3 is 2.83 bits per heavy atom. The fraction of sp³-hybridized carbons (Fsp3) is 0.900. The maximum Gasteiger partial charge on any atom is 0.0960 e. The lowest BCUT2D eigenvalue weighted by Gasteiger charge is -2.29. The number of hydrogen-bond donors (Lipinski definition) is 1. The molecule has 1 N–H and O–H groups in total. The monoisotopic (exact) mass is 166 g/mol. The summed E-state index contributed by atoms with van der Waals surface area (Å²) in [7, 11) is 0. The second-order valence-corrected chi connectivity index (χ2v) is 4.18. The third kappa shape index (κ3) is 1.23. The van der Waals surface area contributed by atoms with Gasteiger partial charge in [-0.05, 0) is 31.6 Å². The van der Waals surface area contributed by atoms with Gasteiger partial charge in [0.05, 0.1) is 5.84 Å². The molecule has 2 nitrogen and oxygen atoms in total. The van der Waals surface area contributed by atoms with Crippen LogP contribution >= 0.6 is 0 Å². The Morgan fingerprint density at radius 1 is 1.50 bits per heavy atom. The van der Waals surface area contributed by atoms with Crippen LogP contribution in [0.15, 0.2) is 0 Å². The van der Waals surface area contributed by atoms with Gasteiger partial charge >= 0.3 is 0 Å². The molecule has 2 heteroatoms. The summed E-state index contributed by atoms with van der Waals surface area (Å²) in [5.41, 5.74) is 0. The SMILES string of the molecule is CCCC(=N)N1CC2CCC1C2. The van der Waals surface area contributed by atoms with E-state index in [1.165, 1.54) is 25.8 Å². The number of hydrogen-bond acceptors (Lipinski definition) is 1. The van der Waals surface area contributed by atoms with E-state index in [9.17, 15) is 0 Å². The third-order valence-electron chi connectivity index (χ3n) is 3.24. The van der Waals surface area contributed by atoms with Crippen molar-refractivity contribution in [1.82, 2.24) is 4.90 Å². The molecule has 0 aromatic rings. The first-order chi connectivity index (χ1) is 5.81. The van der Waals surface area contributed by atoms with Crippen LogP contribution < -0.4 is 0 Å². The van der Waals surface area contributed by atoms with Crippen LogP contribution in [0.1, 0.15) is 39.0 Å². The molecule has 1 heterocycles. The zero-order valence-corrected chi connectivity index (χ0v) is 7.84. The number of nitrogens with one attached hydrogen (secondary N) is 1. The van der Waals surface area contributed by atoms with Crippen molar-refractivity contribution in [3.63, 3.8) is 0 Å². The molecule has 2 bridgehead atoms. The maximum atomic E-state index is 7.87. The van der Waals surface area contributed by atoms with Crippen molar-refractivity contribution >= 4 is 5.84 Å². The van der Waals surface area contributed by atoms with Crippen molar-refractivity contribution in [1.29, 1.82) is 5.41 Å². The molecule has 1 aliphatic heterocycles. The summed E-state index contributed by atoms with van der Waals surface area (Å²) >= 11 is 0. The first kappa shape index (κ1) is 8.09. The van der Waals surface area contributed by atoms with Gasteiger partial charge in [-0.15, -0.1) is 0 Å². The lowest BCUT2D eigenvalue weighted by Crippen LogP contribution is -2.36. The number of rotatable bonds is 2. The van der Waals surface area contributed by atoms with Crippen LogP contribution in [0.4, 0.5) is 0 Å². The fourth-order valence-corrected chi connectivity index (χ4v) is 2.64. The molecule has 12 heavy (non-hydrogen) atoms. The van der Waals surface area contributed by atoms with E-state index in [0.29, 0.717) is 0 Å². The molecule has 1 aliphatic carbocycles. The van der Waals surface area contributed by atoms with E-state index in [0.717, 1.165) is 30.6 Å². The van der Waals surface area contributed by atoms with Crippen LogP contribution in [0.25, 0.3) is 0 Å². The normalized spacial score (nSPS) is 32.9. The summed E-state index contributed by atoms with van der Waals surface area (Å²) in [6.45, 7) is 3.34. The van der Waals surface area contributed by atoms with Crippen LogP contribution in [0.2, 0.25) is 0 Å². The maximum absolute atomic E-state index is 7.87. The van der Waals surface area contributed by atoms with E-state index >= 15 is 0 Å². The molecule has 0 aromatic heterocycles. The van der Waals surface area contributed by atoms with Crippen LogP contribution in [-0.4, -0.2) is 23.3 Å². The third-order valence-corrected chi connectivity index (χ3v) is 3.24. The van der Waals surface area contributed by atoms with Gasteiger partial charge in [0.1, 0.15) is 0 Å². The highest BCUT2D eigenvalue weighted by atomic mass is 15.2. The van der Waals surface area contributed by atoms with E-state index in [-0.39, 0.29) is 0 Å². The first-order valence-corrected chi connectivity index (χ1v) is 5.15. The van der Waals surface area contributed by atoms with Crippen LogP contribution in [0.3, 0.4) is 0 Å². The average molecular weight is 166 g/mol. The summed E-state index contributed by atoms with van der Waals surface area (Å²) in [5, 5.41) is 7.87. The van der Waals surface area contributed by atoms with Crippen molar-refractivity contribution in [3.8, 4) is 0 Å². The second-order valence-electron chi connectivity index (χ2n) is 4.18. The summed E-state index contributed by atoms with van der Waals surface area (Å²) in [6.07, 6.45) is 6.22. The standard InChI is InChI=1S/C10H18N2/c1-2-3-10(11)12-7-8-4-5-9(12)6-8/h8-9,11H,2-7H2,1H3.